The summed E-state index contributed by atoms with van der Waals surface area (Å²) in [5, 5.41) is 0.442. The minimum absolute atomic E-state index is 0.0160. The van der Waals surface area contributed by atoms with Crippen LogP contribution in [0.25, 0.3) is 10.2 Å². The number of hydrogen-bond acceptors (Lipinski definition) is 4. The molecule has 31 heavy (non-hydrogen) atoms. The maximum atomic E-state index is 13.5. The number of aryl methyl sites for hydroxylation is 1. The Hall–Kier alpha value is -3.08. The second-order valence-corrected chi connectivity index (χ2v) is 8.93. The molecule has 0 aliphatic heterocycles. The third-order valence-electron chi connectivity index (χ3n) is 4.90. The Morgan fingerprint density at radius 2 is 1.84 bits per heavy atom. The van der Waals surface area contributed by atoms with E-state index in [9.17, 15) is 14.0 Å². The SMILES string of the molecule is CSc1ccc(CC#Cc2cc3c(=O)n(Cc4cccc(F)c4)c(=O)n(C)c3s2)cc1. The van der Waals surface area contributed by atoms with Crippen molar-refractivity contribution in [3.63, 3.8) is 0 Å². The third-order valence-corrected chi connectivity index (χ3v) is 6.77. The summed E-state index contributed by atoms with van der Waals surface area (Å²) in [6, 6.07) is 15.9. The third kappa shape index (κ3) is 4.50. The first-order valence-corrected chi connectivity index (χ1v) is 11.6. The molecule has 2 heterocycles. The molecule has 0 spiro atoms. The fourth-order valence-corrected chi connectivity index (χ4v) is 4.67. The van der Waals surface area contributed by atoms with Crippen molar-refractivity contribution in [2.45, 2.75) is 17.9 Å². The van der Waals surface area contributed by atoms with E-state index in [-0.39, 0.29) is 12.1 Å². The number of thiophene rings is 1. The van der Waals surface area contributed by atoms with Crippen LogP contribution in [0.2, 0.25) is 0 Å². The lowest BCUT2D eigenvalue weighted by Gasteiger charge is -2.08. The average Bonchev–Trinajstić information content (AvgIpc) is 3.20. The van der Waals surface area contributed by atoms with Gasteiger partial charge in [0, 0.05) is 18.4 Å². The minimum atomic E-state index is -0.433. The molecule has 0 aliphatic carbocycles. The van der Waals surface area contributed by atoms with E-state index in [1.54, 1.807) is 37.0 Å². The molecule has 0 fully saturated rings. The molecule has 0 bridgehead atoms. The largest absolute Gasteiger partial charge is 0.332 e. The standard InChI is InChI=1S/C24H19FN2O2S2/c1-26-23-21(22(28)27(24(26)29)15-17-6-3-7-18(25)13-17)14-20(31-23)8-4-5-16-9-11-19(30-2)12-10-16/h3,6-7,9-14H,5,15H2,1-2H3. The van der Waals surface area contributed by atoms with Crippen LogP contribution in [0.4, 0.5) is 4.39 Å². The summed E-state index contributed by atoms with van der Waals surface area (Å²) < 4.78 is 16.1. The topological polar surface area (TPSA) is 44.0 Å². The van der Waals surface area contributed by atoms with Crippen molar-refractivity contribution in [2.24, 2.45) is 7.05 Å². The van der Waals surface area contributed by atoms with Crippen LogP contribution in [-0.2, 0) is 20.0 Å². The zero-order chi connectivity index (χ0) is 22.0. The fraction of sp³-hybridized carbons (Fsp3) is 0.167. The van der Waals surface area contributed by atoms with E-state index in [1.165, 1.54) is 32.9 Å². The van der Waals surface area contributed by atoms with Crippen LogP contribution >= 0.6 is 23.1 Å². The number of halogens is 1. The van der Waals surface area contributed by atoms with Crippen LogP contribution in [0.1, 0.15) is 16.0 Å². The van der Waals surface area contributed by atoms with Gasteiger partial charge in [-0.25, -0.2) is 9.18 Å². The van der Waals surface area contributed by atoms with Crippen LogP contribution in [0.15, 0.2) is 69.1 Å². The van der Waals surface area contributed by atoms with E-state index in [4.69, 9.17) is 0 Å². The second kappa shape index (κ2) is 8.96. The molecule has 4 rings (SSSR count). The molecular formula is C24H19FN2O2S2. The van der Waals surface area contributed by atoms with Gasteiger partial charge < -0.3 is 0 Å². The summed E-state index contributed by atoms with van der Waals surface area (Å²) in [5.41, 5.74) is 0.855. The van der Waals surface area contributed by atoms with E-state index < -0.39 is 11.5 Å². The number of fused-ring (bicyclic) bond motifs is 1. The molecule has 2 aromatic heterocycles. The summed E-state index contributed by atoms with van der Waals surface area (Å²) >= 11 is 3.02. The molecule has 0 amide bonds. The normalized spacial score (nSPS) is 10.8. The van der Waals surface area contributed by atoms with Gasteiger partial charge in [0.1, 0.15) is 10.6 Å². The lowest BCUT2D eigenvalue weighted by molar-refractivity contribution is 0.618. The Balaban J connectivity index is 1.66. The Morgan fingerprint density at radius 3 is 2.55 bits per heavy atom. The van der Waals surface area contributed by atoms with Crippen molar-refractivity contribution in [1.29, 1.82) is 0 Å². The summed E-state index contributed by atoms with van der Waals surface area (Å²) in [5.74, 6) is 5.86. The van der Waals surface area contributed by atoms with Gasteiger partial charge in [0.05, 0.1) is 16.8 Å². The molecule has 0 unspecified atom stereocenters. The highest BCUT2D eigenvalue weighted by Crippen LogP contribution is 2.21. The van der Waals surface area contributed by atoms with Gasteiger partial charge in [0.25, 0.3) is 5.56 Å². The van der Waals surface area contributed by atoms with Crippen molar-refractivity contribution in [3.8, 4) is 11.8 Å². The zero-order valence-electron chi connectivity index (χ0n) is 17.0. The number of hydrogen-bond donors (Lipinski definition) is 0. The van der Waals surface area contributed by atoms with Gasteiger partial charge in [0.2, 0.25) is 0 Å². The number of benzene rings is 2. The number of nitrogens with zero attached hydrogens (tertiary/aromatic N) is 2. The van der Waals surface area contributed by atoms with Crippen molar-refractivity contribution in [1.82, 2.24) is 9.13 Å². The smallest absolute Gasteiger partial charge is 0.287 e. The molecule has 0 atom stereocenters. The Morgan fingerprint density at radius 1 is 1.06 bits per heavy atom. The number of rotatable bonds is 4. The molecule has 156 valence electrons. The molecule has 0 saturated heterocycles. The molecule has 4 aromatic rings. The van der Waals surface area contributed by atoms with Crippen molar-refractivity contribution in [2.75, 3.05) is 6.26 Å². The molecule has 4 nitrogen and oxygen atoms in total. The quantitative estimate of drug-likeness (QED) is 0.345. The summed E-state index contributed by atoms with van der Waals surface area (Å²) in [6.45, 7) is 0.0160. The van der Waals surface area contributed by atoms with E-state index in [0.717, 1.165) is 15.0 Å². The molecule has 2 aromatic carbocycles. The predicted molar refractivity (Wildman–Crippen MR) is 126 cm³/mol. The molecule has 0 saturated carbocycles. The lowest BCUT2D eigenvalue weighted by atomic mass is 10.1. The number of thioether (sulfide) groups is 1. The van der Waals surface area contributed by atoms with Gasteiger partial charge in [-0.3, -0.25) is 13.9 Å². The van der Waals surface area contributed by atoms with Crippen molar-refractivity contribution < 1.29 is 4.39 Å². The Kier molecular flexibility index (Phi) is 6.12. The van der Waals surface area contributed by atoms with Gasteiger partial charge >= 0.3 is 5.69 Å². The van der Waals surface area contributed by atoms with Crippen LogP contribution in [0, 0.1) is 17.7 Å². The van der Waals surface area contributed by atoms with Gasteiger partial charge in [-0.1, -0.05) is 36.1 Å². The van der Waals surface area contributed by atoms with Gasteiger partial charge in [0.15, 0.2) is 0 Å². The van der Waals surface area contributed by atoms with E-state index in [0.29, 0.717) is 22.2 Å². The zero-order valence-corrected chi connectivity index (χ0v) is 18.6. The molecule has 0 aliphatic rings. The lowest BCUT2D eigenvalue weighted by Crippen LogP contribution is -2.38. The number of aromatic nitrogens is 2. The van der Waals surface area contributed by atoms with Gasteiger partial charge in [-0.2, -0.15) is 0 Å². The minimum Gasteiger partial charge on any atom is -0.287 e. The first-order chi connectivity index (χ1) is 15.0. The Bertz CT molecular complexity index is 1440. The van der Waals surface area contributed by atoms with Crippen molar-refractivity contribution >= 4 is 33.3 Å². The van der Waals surface area contributed by atoms with Crippen LogP contribution in [0.5, 0.6) is 0 Å². The molecule has 7 heteroatoms. The predicted octanol–water partition coefficient (Wildman–Crippen LogP) is 4.27. The monoisotopic (exact) mass is 450 g/mol. The van der Waals surface area contributed by atoms with Crippen LogP contribution < -0.4 is 11.2 Å². The maximum absolute atomic E-state index is 13.5. The summed E-state index contributed by atoms with van der Waals surface area (Å²) in [4.78, 5) is 28.2. The van der Waals surface area contributed by atoms with Crippen molar-refractivity contribution in [3.05, 3.63) is 97.3 Å². The highest BCUT2D eigenvalue weighted by atomic mass is 32.2. The van der Waals surface area contributed by atoms with Gasteiger partial charge in [-0.05, 0) is 47.7 Å². The Labute approximate surface area is 187 Å². The molecule has 0 N–H and O–H groups in total. The summed E-state index contributed by atoms with van der Waals surface area (Å²) in [6.07, 6.45) is 2.64. The van der Waals surface area contributed by atoms with E-state index >= 15 is 0 Å². The van der Waals surface area contributed by atoms with Gasteiger partial charge in [-0.15, -0.1) is 23.1 Å². The van der Waals surface area contributed by atoms with Crippen LogP contribution in [-0.4, -0.2) is 15.4 Å². The first-order valence-electron chi connectivity index (χ1n) is 9.56. The van der Waals surface area contributed by atoms with E-state index in [1.807, 2.05) is 6.26 Å². The highest BCUT2D eigenvalue weighted by molar-refractivity contribution is 7.98. The summed E-state index contributed by atoms with van der Waals surface area (Å²) in [7, 11) is 1.63. The second-order valence-electron chi connectivity index (χ2n) is 7.02. The average molecular weight is 451 g/mol. The maximum Gasteiger partial charge on any atom is 0.332 e. The first kappa shape index (κ1) is 21.2. The highest BCUT2D eigenvalue weighted by Gasteiger charge is 2.14. The fourth-order valence-electron chi connectivity index (χ4n) is 3.28. The molecule has 0 radical (unpaired) electrons. The molecular weight excluding hydrogens is 431 g/mol. The van der Waals surface area contributed by atoms with E-state index in [2.05, 4.69) is 36.1 Å². The van der Waals surface area contributed by atoms with Crippen LogP contribution in [0.3, 0.4) is 0 Å².